The van der Waals surface area contributed by atoms with Crippen LogP contribution in [-0.2, 0) is 0 Å². The Morgan fingerprint density at radius 2 is 1.14 bits per heavy atom. The number of benzene rings is 8. The molecule has 2 aliphatic carbocycles. The zero-order valence-corrected chi connectivity index (χ0v) is 45.2. The van der Waals surface area contributed by atoms with Gasteiger partial charge in [0.15, 0.2) is 0 Å². The molecule has 2 atom stereocenters. The van der Waals surface area contributed by atoms with Gasteiger partial charge in [-0.15, -0.1) is 0 Å². The lowest BCUT2D eigenvalue weighted by molar-refractivity contribution is 0.707. The first-order valence-corrected chi connectivity index (χ1v) is 27.7. The molecule has 384 valence electrons. The number of allylic oxidation sites excluding steroid dienone is 9. The van der Waals surface area contributed by atoms with Crippen LogP contribution in [0.15, 0.2) is 284 Å². The molecule has 13 rings (SSSR count). The summed E-state index contributed by atoms with van der Waals surface area (Å²) in [5.41, 5.74) is 22.5. The van der Waals surface area contributed by atoms with E-state index in [0.29, 0.717) is 0 Å². The average Bonchev–Trinajstić information content (AvgIpc) is 4.02. The van der Waals surface area contributed by atoms with Crippen molar-refractivity contribution in [2.24, 2.45) is 0 Å². The minimum Gasteiger partial charge on any atom is -0.335 e. The van der Waals surface area contributed by atoms with Crippen molar-refractivity contribution in [3.8, 4) is 22.5 Å². The third-order valence-corrected chi connectivity index (χ3v) is 15.0. The summed E-state index contributed by atoms with van der Waals surface area (Å²) in [6, 6.07) is 71.6. The first-order valence-electron chi connectivity index (χ1n) is 27.7. The molecule has 1 aliphatic heterocycles. The topological polar surface area (TPSA) is 40.4 Å². The molecule has 3 heterocycles. The Balaban J connectivity index is 0.00000308. The Morgan fingerprint density at radius 3 is 1.77 bits per heavy atom. The largest absolute Gasteiger partial charge is 0.335 e. The lowest BCUT2D eigenvalue weighted by Crippen LogP contribution is -2.33. The molecule has 79 heavy (non-hydrogen) atoms. The van der Waals surface area contributed by atoms with Crippen LogP contribution in [0.3, 0.4) is 0 Å². The SMILES string of the molecule is C/C=C(\C=C/C(C)n1c2ccccc2c2ccccc21)N(c1ccc(-c2nc3ccccc3nc2-c2ccc(N(c3ccccc3)c3ccc(N4C5=C=C(/C=C\C/C=C\5)c5ccccc54)cc3)cc2)cc1)C1C=CC=CC1.CC. The van der Waals surface area contributed by atoms with E-state index >= 15 is 0 Å². The molecule has 10 aromatic rings. The highest BCUT2D eigenvalue weighted by Gasteiger charge is 2.25. The minimum absolute atomic E-state index is 0.110. The van der Waals surface area contributed by atoms with Crippen LogP contribution in [0.25, 0.3) is 60.9 Å². The second-order valence-electron chi connectivity index (χ2n) is 19.7. The standard InChI is InChI=1S/C71H56N6.C2H6/c1-3-54(40-35-50(2)74-68-33-19-14-28-63(68)64-29-15-20-34-69(64)74)75(55-22-8-5-9-23-55)57-41-36-51(37-42-57)70-71(73-66-31-17-16-30-65(66)72-70)52-38-43-58(44-39-52)76(56-24-10-6-11-25-56)59-45-47-60(48-46-59)77-61-26-12-4-7-21-53(49-61)62-27-13-18-32-67(62)77;1-2/h3,5-22,24-48,50,55H,4,23H2,1-2H3;1-2H3/b21-7-,26-12-,40-35-,54-3+;. The minimum atomic E-state index is 0.110. The summed E-state index contributed by atoms with van der Waals surface area (Å²) in [5, 5.41) is 2.55. The zero-order chi connectivity index (χ0) is 53.7. The van der Waals surface area contributed by atoms with E-state index in [0.717, 1.165) is 97.5 Å². The number of nitrogens with zero attached hydrogens (tertiary/aromatic N) is 6. The zero-order valence-electron chi connectivity index (χ0n) is 45.2. The fourth-order valence-corrected chi connectivity index (χ4v) is 11.3. The van der Waals surface area contributed by atoms with Gasteiger partial charge in [-0.2, -0.15) is 0 Å². The number of aromatic nitrogens is 3. The highest BCUT2D eigenvalue weighted by atomic mass is 15.2. The molecule has 0 saturated heterocycles. The van der Waals surface area contributed by atoms with Crippen LogP contribution in [0.5, 0.6) is 0 Å². The predicted molar refractivity (Wildman–Crippen MR) is 335 cm³/mol. The Labute approximate surface area is 464 Å². The van der Waals surface area contributed by atoms with Gasteiger partial charge < -0.3 is 19.3 Å². The maximum atomic E-state index is 5.35. The lowest BCUT2D eigenvalue weighted by Gasteiger charge is -2.33. The molecular formula is C73H62N6. The summed E-state index contributed by atoms with van der Waals surface area (Å²) in [7, 11) is 0. The maximum absolute atomic E-state index is 5.35. The highest BCUT2D eigenvalue weighted by Crippen LogP contribution is 2.43. The normalized spacial score (nSPS) is 15.9. The van der Waals surface area contributed by atoms with Gasteiger partial charge in [-0.25, -0.2) is 9.97 Å². The van der Waals surface area contributed by atoms with Crippen LogP contribution in [0.4, 0.5) is 34.1 Å². The Bertz CT molecular complexity index is 4050. The number of fused-ring (bicyclic) bond motifs is 6. The van der Waals surface area contributed by atoms with Crippen molar-refractivity contribution in [2.45, 2.75) is 52.6 Å². The van der Waals surface area contributed by atoms with Crippen molar-refractivity contribution in [2.75, 3.05) is 14.7 Å². The summed E-state index contributed by atoms with van der Waals surface area (Å²) < 4.78 is 2.46. The molecule has 6 heteroatoms. The number of rotatable bonds is 12. The van der Waals surface area contributed by atoms with Gasteiger partial charge in [-0.05, 0) is 130 Å². The number of anilines is 6. The van der Waals surface area contributed by atoms with Crippen LogP contribution < -0.4 is 14.7 Å². The average molecular weight is 1020 g/mol. The third kappa shape index (κ3) is 9.76. The smallest absolute Gasteiger partial charge is 0.0973 e. The van der Waals surface area contributed by atoms with Gasteiger partial charge >= 0.3 is 0 Å². The Hall–Kier alpha value is -9.74. The van der Waals surface area contributed by atoms with Gasteiger partial charge in [-0.3, -0.25) is 0 Å². The van der Waals surface area contributed by atoms with Crippen LogP contribution in [0.1, 0.15) is 52.1 Å². The highest BCUT2D eigenvalue weighted by molar-refractivity contribution is 6.08. The number of para-hydroxylation sites is 6. The summed E-state index contributed by atoms with van der Waals surface area (Å²) >= 11 is 0. The molecule has 2 aromatic heterocycles. The van der Waals surface area contributed by atoms with Crippen LogP contribution in [0.2, 0.25) is 0 Å². The molecule has 2 bridgehead atoms. The number of hydrogen-bond acceptors (Lipinski definition) is 5. The van der Waals surface area contributed by atoms with E-state index < -0.39 is 0 Å². The van der Waals surface area contributed by atoms with Gasteiger partial charge in [0.1, 0.15) is 0 Å². The van der Waals surface area contributed by atoms with Crippen LogP contribution in [-0.4, -0.2) is 20.6 Å². The fourth-order valence-electron chi connectivity index (χ4n) is 11.3. The van der Waals surface area contributed by atoms with E-state index in [1.165, 1.54) is 27.4 Å². The molecule has 3 aliphatic rings. The quantitative estimate of drug-likeness (QED) is 0.0901. The molecule has 0 spiro atoms. The molecular weight excluding hydrogens is 961 g/mol. The van der Waals surface area contributed by atoms with E-state index in [2.05, 4.69) is 282 Å². The van der Waals surface area contributed by atoms with Crippen molar-refractivity contribution in [1.82, 2.24) is 14.5 Å². The Kier molecular flexibility index (Phi) is 14.2. The monoisotopic (exact) mass is 1020 g/mol. The van der Waals surface area contributed by atoms with E-state index in [1.807, 2.05) is 38.1 Å². The molecule has 0 saturated carbocycles. The van der Waals surface area contributed by atoms with Crippen molar-refractivity contribution in [3.63, 3.8) is 0 Å². The van der Waals surface area contributed by atoms with E-state index in [9.17, 15) is 0 Å². The first-order chi connectivity index (χ1) is 39.1. The maximum Gasteiger partial charge on any atom is 0.0973 e. The van der Waals surface area contributed by atoms with Gasteiger partial charge in [0.25, 0.3) is 0 Å². The summed E-state index contributed by atoms with van der Waals surface area (Å²) in [5.74, 6) is 0. The summed E-state index contributed by atoms with van der Waals surface area (Å²) in [4.78, 5) is 17.8. The van der Waals surface area contributed by atoms with E-state index in [1.54, 1.807) is 0 Å². The van der Waals surface area contributed by atoms with Crippen molar-refractivity contribution in [1.29, 1.82) is 0 Å². The molecule has 8 aromatic carbocycles. The first kappa shape index (κ1) is 50.1. The van der Waals surface area contributed by atoms with Crippen LogP contribution in [0, 0.1) is 0 Å². The van der Waals surface area contributed by atoms with Crippen molar-refractivity contribution >= 4 is 72.5 Å². The second kappa shape index (κ2) is 22.5. The van der Waals surface area contributed by atoms with Gasteiger partial charge in [-0.1, -0.05) is 183 Å². The van der Waals surface area contributed by atoms with Gasteiger partial charge in [0, 0.05) is 84.2 Å². The Morgan fingerprint density at radius 1 is 0.582 bits per heavy atom. The van der Waals surface area contributed by atoms with Gasteiger partial charge in [0.05, 0.1) is 39.8 Å². The van der Waals surface area contributed by atoms with Gasteiger partial charge in [0.2, 0.25) is 0 Å². The number of hydrogen-bond donors (Lipinski definition) is 0. The summed E-state index contributed by atoms with van der Waals surface area (Å²) in [6.45, 7) is 8.42. The molecule has 0 N–H and O–H groups in total. The van der Waals surface area contributed by atoms with Crippen molar-refractivity contribution in [3.05, 3.63) is 290 Å². The molecule has 2 unspecified atom stereocenters. The second-order valence-corrected chi connectivity index (χ2v) is 19.7. The molecule has 0 amide bonds. The molecule has 0 radical (unpaired) electrons. The van der Waals surface area contributed by atoms with E-state index in [4.69, 9.17) is 9.97 Å². The van der Waals surface area contributed by atoms with Crippen LogP contribution >= 0.6 is 0 Å². The predicted octanol–water partition coefficient (Wildman–Crippen LogP) is 19.5. The third-order valence-electron chi connectivity index (χ3n) is 15.0. The van der Waals surface area contributed by atoms with E-state index in [-0.39, 0.29) is 12.1 Å². The van der Waals surface area contributed by atoms with Crippen molar-refractivity contribution < 1.29 is 0 Å². The fraction of sp³-hybridized carbons (Fsp3) is 0.110. The summed E-state index contributed by atoms with van der Waals surface area (Å²) in [6.07, 6.45) is 26.3. The molecule has 0 fully saturated rings. The lowest BCUT2D eigenvalue weighted by atomic mass is 9.97. The molecule has 6 nitrogen and oxygen atoms in total.